The standard InChI is InChI=1S/C20H33NO3.ClH/c1-7-15(6)18(21)20(22)24-12-11-23-19-16(13(2)3)9-8-10-17(19)14(4)5;/h8-10,13-15,18H,7,11-12,21H2,1-6H3;1H/t15-,18-;/m0./s1. The van der Waals surface area contributed by atoms with Crippen molar-refractivity contribution in [3.05, 3.63) is 29.3 Å². The second-order valence-electron chi connectivity index (χ2n) is 7.00. The van der Waals surface area contributed by atoms with Crippen LogP contribution in [-0.2, 0) is 9.53 Å². The fourth-order valence-corrected chi connectivity index (χ4v) is 2.52. The van der Waals surface area contributed by atoms with Crippen LogP contribution < -0.4 is 10.5 Å². The summed E-state index contributed by atoms with van der Waals surface area (Å²) in [6, 6.07) is 5.69. The molecule has 0 fully saturated rings. The van der Waals surface area contributed by atoms with Gasteiger partial charge in [-0.2, -0.15) is 0 Å². The van der Waals surface area contributed by atoms with Gasteiger partial charge >= 0.3 is 5.97 Å². The summed E-state index contributed by atoms with van der Waals surface area (Å²) in [6.45, 7) is 13.1. The molecule has 0 heterocycles. The van der Waals surface area contributed by atoms with Gasteiger partial charge in [0.1, 0.15) is 25.0 Å². The van der Waals surface area contributed by atoms with Crippen molar-refractivity contribution in [1.82, 2.24) is 0 Å². The second kappa shape index (κ2) is 11.4. The van der Waals surface area contributed by atoms with Crippen molar-refractivity contribution in [2.75, 3.05) is 13.2 Å². The Morgan fingerprint density at radius 3 is 2.00 bits per heavy atom. The Hall–Kier alpha value is -1.26. The van der Waals surface area contributed by atoms with Crippen LogP contribution in [-0.4, -0.2) is 25.2 Å². The van der Waals surface area contributed by atoms with Gasteiger partial charge in [0.05, 0.1) is 0 Å². The predicted octanol–water partition coefficient (Wildman–Crippen LogP) is 4.65. The number of para-hydroxylation sites is 1. The minimum absolute atomic E-state index is 0. The molecule has 0 aliphatic rings. The minimum atomic E-state index is -0.566. The van der Waals surface area contributed by atoms with Crippen molar-refractivity contribution in [2.45, 2.75) is 65.8 Å². The maximum atomic E-state index is 11.9. The zero-order valence-electron chi connectivity index (χ0n) is 16.4. The molecule has 144 valence electrons. The van der Waals surface area contributed by atoms with Crippen molar-refractivity contribution in [1.29, 1.82) is 0 Å². The molecule has 1 rings (SSSR count). The van der Waals surface area contributed by atoms with Gasteiger partial charge in [-0.25, -0.2) is 0 Å². The highest BCUT2D eigenvalue weighted by Gasteiger charge is 2.21. The van der Waals surface area contributed by atoms with Crippen LogP contribution in [0.3, 0.4) is 0 Å². The minimum Gasteiger partial charge on any atom is -0.489 e. The fourth-order valence-electron chi connectivity index (χ4n) is 2.52. The van der Waals surface area contributed by atoms with Crippen molar-refractivity contribution >= 4 is 18.4 Å². The first-order valence-electron chi connectivity index (χ1n) is 8.97. The molecule has 2 N–H and O–H groups in total. The average molecular weight is 372 g/mol. The first-order chi connectivity index (χ1) is 11.3. The van der Waals surface area contributed by atoms with E-state index in [0.29, 0.717) is 18.4 Å². The van der Waals surface area contributed by atoms with Gasteiger partial charge < -0.3 is 15.2 Å². The van der Waals surface area contributed by atoms with Crippen LogP contribution in [0.15, 0.2) is 18.2 Å². The lowest BCUT2D eigenvalue weighted by atomic mass is 9.94. The molecule has 0 aliphatic carbocycles. The van der Waals surface area contributed by atoms with E-state index < -0.39 is 6.04 Å². The van der Waals surface area contributed by atoms with Gasteiger partial charge in [-0.1, -0.05) is 66.2 Å². The summed E-state index contributed by atoms with van der Waals surface area (Å²) in [6.07, 6.45) is 0.853. The first kappa shape index (κ1) is 23.7. The highest BCUT2D eigenvalue weighted by atomic mass is 35.5. The number of carbonyl (C=O) groups is 1. The third kappa shape index (κ3) is 6.87. The molecule has 0 aliphatic heterocycles. The molecule has 4 nitrogen and oxygen atoms in total. The Morgan fingerprint density at radius 1 is 1.04 bits per heavy atom. The lowest BCUT2D eigenvalue weighted by molar-refractivity contribution is -0.147. The van der Waals surface area contributed by atoms with E-state index in [2.05, 4.69) is 45.9 Å². The summed E-state index contributed by atoms with van der Waals surface area (Å²) in [5.41, 5.74) is 8.25. The van der Waals surface area contributed by atoms with E-state index in [4.69, 9.17) is 15.2 Å². The number of ether oxygens (including phenoxy) is 2. The molecule has 0 saturated heterocycles. The number of hydrogen-bond acceptors (Lipinski definition) is 4. The van der Waals surface area contributed by atoms with Gasteiger partial charge in [0, 0.05) is 0 Å². The molecule has 1 aromatic rings. The Bertz CT molecular complexity index is 505. The molecule has 0 bridgehead atoms. The van der Waals surface area contributed by atoms with Crippen molar-refractivity contribution in [2.24, 2.45) is 11.7 Å². The lowest BCUT2D eigenvalue weighted by Crippen LogP contribution is -2.38. The van der Waals surface area contributed by atoms with E-state index in [1.165, 1.54) is 11.1 Å². The molecule has 0 spiro atoms. The van der Waals surface area contributed by atoms with Crippen LogP contribution in [0.2, 0.25) is 0 Å². The van der Waals surface area contributed by atoms with Gasteiger partial charge in [0.15, 0.2) is 0 Å². The quantitative estimate of drug-likeness (QED) is 0.507. The summed E-state index contributed by atoms with van der Waals surface area (Å²) in [5, 5.41) is 0. The van der Waals surface area contributed by atoms with Crippen molar-refractivity contribution < 1.29 is 14.3 Å². The van der Waals surface area contributed by atoms with Crippen LogP contribution in [0, 0.1) is 5.92 Å². The number of nitrogens with two attached hydrogens (primary N) is 1. The number of hydrogen-bond donors (Lipinski definition) is 1. The van der Waals surface area contributed by atoms with Gasteiger partial charge in [-0.05, 0) is 28.9 Å². The SMILES string of the molecule is CC[C@H](C)[C@H](N)C(=O)OCCOc1c(C(C)C)cccc1C(C)C.Cl. The van der Waals surface area contributed by atoms with E-state index in [-0.39, 0.29) is 30.9 Å². The Labute approximate surface area is 158 Å². The molecule has 0 amide bonds. The largest absolute Gasteiger partial charge is 0.489 e. The van der Waals surface area contributed by atoms with Crippen LogP contribution in [0.1, 0.15) is 70.9 Å². The Morgan fingerprint density at radius 2 is 1.56 bits per heavy atom. The molecule has 2 atom stereocenters. The fraction of sp³-hybridized carbons (Fsp3) is 0.650. The molecule has 25 heavy (non-hydrogen) atoms. The predicted molar refractivity (Wildman–Crippen MR) is 106 cm³/mol. The molecule has 5 heteroatoms. The van der Waals surface area contributed by atoms with Crippen LogP contribution in [0.4, 0.5) is 0 Å². The third-order valence-corrected chi connectivity index (χ3v) is 4.42. The first-order valence-corrected chi connectivity index (χ1v) is 8.97. The van der Waals surface area contributed by atoms with E-state index in [0.717, 1.165) is 12.2 Å². The number of esters is 1. The molecule has 0 saturated carbocycles. The molecule has 1 aromatic carbocycles. The summed E-state index contributed by atoms with van der Waals surface area (Å²) in [5.74, 6) is 1.44. The molecule has 0 radical (unpaired) electrons. The van der Waals surface area contributed by atoms with Gasteiger partial charge in [-0.15, -0.1) is 12.4 Å². The summed E-state index contributed by atoms with van der Waals surface area (Å²) in [4.78, 5) is 11.9. The molecule has 0 unspecified atom stereocenters. The number of benzene rings is 1. The molecular weight excluding hydrogens is 338 g/mol. The summed E-state index contributed by atoms with van der Waals surface area (Å²) >= 11 is 0. The average Bonchev–Trinajstić information content (AvgIpc) is 2.56. The number of halogens is 1. The maximum Gasteiger partial charge on any atom is 0.323 e. The van der Waals surface area contributed by atoms with Gasteiger partial charge in [-0.3, -0.25) is 4.79 Å². The van der Waals surface area contributed by atoms with Gasteiger partial charge in [0.2, 0.25) is 0 Å². The smallest absolute Gasteiger partial charge is 0.323 e. The highest BCUT2D eigenvalue weighted by molar-refractivity contribution is 5.85. The lowest BCUT2D eigenvalue weighted by Gasteiger charge is -2.20. The van der Waals surface area contributed by atoms with Crippen LogP contribution in [0.5, 0.6) is 5.75 Å². The van der Waals surface area contributed by atoms with Crippen LogP contribution in [0.25, 0.3) is 0 Å². The van der Waals surface area contributed by atoms with Crippen LogP contribution >= 0.6 is 12.4 Å². The maximum absolute atomic E-state index is 11.9. The summed E-state index contributed by atoms with van der Waals surface area (Å²) in [7, 11) is 0. The normalized spacial score (nSPS) is 13.3. The van der Waals surface area contributed by atoms with E-state index in [1.807, 2.05) is 13.8 Å². The van der Waals surface area contributed by atoms with Crippen molar-refractivity contribution in [3.63, 3.8) is 0 Å². The zero-order chi connectivity index (χ0) is 18.3. The second-order valence-corrected chi connectivity index (χ2v) is 7.00. The third-order valence-electron chi connectivity index (χ3n) is 4.42. The van der Waals surface area contributed by atoms with Gasteiger partial charge in [0.25, 0.3) is 0 Å². The Kier molecular flexibility index (Phi) is 10.8. The van der Waals surface area contributed by atoms with E-state index in [1.54, 1.807) is 0 Å². The highest BCUT2D eigenvalue weighted by Crippen LogP contribution is 2.34. The number of rotatable bonds is 9. The van der Waals surface area contributed by atoms with E-state index >= 15 is 0 Å². The van der Waals surface area contributed by atoms with E-state index in [9.17, 15) is 4.79 Å². The monoisotopic (exact) mass is 371 g/mol. The Balaban J connectivity index is 0.00000576. The van der Waals surface area contributed by atoms with Crippen molar-refractivity contribution in [3.8, 4) is 5.75 Å². The molecular formula is C20H34ClNO3. The topological polar surface area (TPSA) is 61.6 Å². The summed E-state index contributed by atoms with van der Waals surface area (Å²) < 4.78 is 11.3. The zero-order valence-corrected chi connectivity index (χ0v) is 17.2. The molecule has 0 aromatic heterocycles. The number of carbonyl (C=O) groups excluding carboxylic acids is 1.